The second-order valence-corrected chi connectivity index (χ2v) is 14.4. The summed E-state index contributed by atoms with van der Waals surface area (Å²) in [5.41, 5.74) is 14.1. The fourth-order valence-electron chi connectivity index (χ4n) is 4.91. The van der Waals surface area contributed by atoms with Crippen LogP contribution in [0.4, 0.5) is 26.1 Å². The molecule has 2 aromatic carbocycles. The van der Waals surface area contributed by atoms with Gasteiger partial charge in [0.15, 0.2) is 29.1 Å². The van der Waals surface area contributed by atoms with E-state index in [-0.39, 0.29) is 134 Å². The Labute approximate surface area is 386 Å². The molecule has 2 aliphatic carbocycles. The van der Waals surface area contributed by atoms with Crippen molar-refractivity contribution in [2.75, 3.05) is 36.8 Å². The topological polar surface area (TPSA) is 360 Å². The van der Waals surface area contributed by atoms with E-state index in [1.165, 1.54) is 36.4 Å². The normalized spacial score (nSPS) is 13.8. The van der Waals surface area contributed by atoms with E-state index in [0.29, 0.717) is 17.9 Å². The predicted molar refractivity (Wildman–Crippen MR) is 216 cm³/mol. The van der Waals surface area contributed by atoms with Gasteiger partial charge in [-0.05, 0) is 115 Å². The van der Waals surface area contributed by atoms with Crippen molar-refractivity contribution >= 4 is 78.8 Å². The maximum Gasteiger partial charge on any atom is 1.00 e. The van der Waals surface area contributed by atoms with Gasteiger partial charge in [-0.25, -0.2) is 32.4 Å². The predicted octanol–water partition coefficient (Wildman–Crippen LogP) is -0.862. The SMILES string of the molecule is NC(=NCCNc1nonc1-c1noc(=O)n1-c1ccc(F)c(Br)c1)NC(=O)C1CC1.NC(=NCCNc1nonc1C(=Nc1ccc(F)c(Br)c1)NO)NC(=O)C1CC1.[Na+].[OH-]. The Morgan fingerprint density at radius 2 is 1.37 bits per heavy atom. The molecule has 0 radical (unpaired) electrons. The number of aliphatic imine (C=N–C) groups is 3. The molecule has 3 heterocycles. The Morgan fingerprint density at radius 1 is 0.823 bits per heavy atom. The van der Waals surface area contributed by atoms with Gasteiger partial charge < -0.3 is 27.6 Å². The average molecular weight is 1000 g/mol. The van der Waals surface area contributed by atoms with Crippen LogP contribution in [0.3, 0.4) is 0 Å². The number of nitrogens with zero attached hydrogens (tertiary/aromatic N) is 9. The molecule has 24 nitrogen and oxygen atoms in total. The standard InChI is InChI=1S/C17H16BrFN8O4.C16H18BrFN8O3.Na.H2O/c18-10-7-9(3-4-11(10)19)27-14(26-30-17(27)29)12-13(25-31-24-12)21-5-6-22-16(20)23-15(28)8-1-2-8;17-10-7-9(3-4-11(10)18)22-14(24-28)12-13(26-29-25-12)20-5-6-21-16(19)23-15(27)8-1-2-8;;/h3-4,7-8H,1-2,5-6H2,(H,21,25)(H3,20,22,23,28);3-4,7-8,28H,1-2,5-6H2,(H,20,26)(H,22,24)(H3,19,21,23,27);;1H2/q;;+1;/p-1. The molecule has 324 valence electrons. The van der Waals surface area contributed by atoms with Crippen LogP contribution in [0.5, 0.6) is 0 Å². The van der Waals surface area contributed by atoms with Gasteiger partial charge in [0, 0.05) is 24.9 Å². The van der Waals surface area contributed by atoms with Gasteiger partial charge in [0.25, 0.3) is 0 Å². The van der Waals surface area contributed by atoms with Gasteiger partial charge in [-0.2, -0.15) is 0 Å². The Bertz CT molecular complexity index is 2490. The first-order valence-corrected chi connectivity index (χ1v) is 19.3. The molecule has 7 rings (SSSR count). The number of nitrogens with one attached hydrogen (secondary N) is 5. The second-order valence-electron chi connectivity index (χ2n) is 12.7. The van der Waals surface area contributed by atoms with Crippen molar-refractivity contribution in [3.05, 3.63) is 73.2 Å². The zero-order valence-corrected chi connectivity index (χ0v) is 37.5. The summed E-state index contributed by atoms with van der Waals surface area (Å²) >= 11 is 6.14. The Balaban J connectivity index is 0.000000265. The number of aromatic nitrogens is 6. The molecule has 5 aromatic rings. The third kappa shape index (κ3) is 13.4. The Morgan fingerprint density at radius 3 is 1.94 bits per heavy atom. The molecular weight excluding hydrogens is 969 g/mol. The average Bonchev–Trinajstić information content (AvgIpc) is 4.14. The van der Waals surface area contributed by atoms with Gasteiger partial charge in [-0.1, -0.05) is 5.16 Å². The number of amidine groups is 1. The molecule has 2 saturated carbocycles. The number of halogens is 4. The second kappa shape index (κ2) is 23.0. The summed E-state index contributed by atoms with van der Waals surface area (Å²) in [5, 5.41) is 39.0. The van der Waals surface area contributed by atoms with Gasteiger partial charge in [0.05, 0.1) is 33.4 Å². The molecule has 2 fully saturated rings. The van der Waals surface area contributed by atoms with E-state index in [1.54, 1.807) is 0 Å². The van der Waals surface area contributed by atoms with Crippen molar-refractivity contribution in [2.45, 2.75) is 25.7 Å². The first kappa shape index (κ1) is 49.0. The van der Waals surface area contributed by atoms with E-state index in [4.69, 9.17) is 25.2 Å². The van der Waals surface area contributed by atoms with Crippen LogP contribution in [-0.2, 0) is 9.59 Å². The molecule has 0 aliphatic heterocycles. The van der Waals surface area contributed by atoms with Crippen molar-refractivity contribution < 1.29 is 72.4 Å². The molecule has 0 spiro atoms. The van der Waals surface area contributed by atoms with Crippen molar-refractivity contribution in [2.24, 2.45) is 38.3 Å². The Kier molecular flexibility index (Phi) is 18.2. The smallest absolute Gasteiger partial charge is 0.870 e. The summed E-state index contributed by atoms with van der Waals surface area (Å²) in [4.78, 5) is 47.7. The van der Waals surface area contributed by atoms with Gasteiger partial charge in [0.1, 0.15) is 11.6 Å². The van der Waals surface area contributed by atoms with Crippen LogP contribution in [-0.4, -0.2) is 96.8 Å². The molecule has 29 heteroatoms. The minimum absolute atomic E-state index is 0. The fraction of sp³-hybridized carbons (Fsp3) is 0.303. The van der Waals surface area contributed by atoms with Crippen LogP contribution in [0.15, 0.2) is 78.9 Å². The van der Waals surface area contributed by atoms with E-state index < -0.39 is 17.4 Å². The maximum absolute atomic E-state index is 13.6. The number of rotatable bonds is 14. The zero-order valence-electron chi connectivity index (χ0n) is 32.3. The summed E-state index contributed by atoms with van der Waals surface area (Å²) < 4.78 is 42.6. The van der Waals surface area contributed by atoms with Crippen LogP contribution < -0.4 is 73.5 Å². The van der Waals surface area contributed by atoms with Crippen molar-refractivity contribution in [3.8, 4) is 17.2 Å². The van der Waals surface area contributed by atoms with E-state index in [9.17, 15) is 28.4 Å². The van der Waals surface area contributed by atoms with E-state index in [1.807, 2.05) is 5.48 Å². The number of carbonyl (C=O) groups is 2. The monoisotopic (exact) mass is 1000 g/mol. The summed E-state index contributed by atoms with van der Waals surface area (Å²) in [7, 11) is 0. The van der Waals surface area contributed by atoms with E-state index in [2.05, 4.69) is 93.9 Å². The molecule has 0 atom stereocenters. The van der Waals surface area contributed by atoms with Gasteiger partial charge in [-0.3, -0.25) is 45.4 Å². The minimum Gasteiger partial charge on any atom is -0.870 e. The van der Waals surface area contributed by atoms with Crippen molar-refractivity contribution in [1.82, 2.24) is 46.5 Å². The molecule has 0 saturated heterocycles. The van der Waals surface area contributed by atoms with Crippen LogP contribution in [0.25, 0.3) is 17.2 Å². The number of nitrogens with two attached hydrogens (primary N) is 2. The molecular formula is C33H35Br2F2N16NaO8. The number of carbonyl (C=O) groups excluding carboxylic acids is 2. The molecule has 0 unspecified atom stereocenters. The van der Waals surface area contributed by atoms with Crippen LogP contribution in [0, 0.1) is 23.5 Å². The van der Waals surface area contributed by atoms with Gasteiger partial charge in [0.2, 0.25) is 29.3 Å². The number of anilines is 2. The first-order valence-electron chi connectivity index (χ1n) is 17.7. The minimum atomic E-state index is -0.800. The third-order valence-electron chi connectivity index (χ3n) is 8.20. The summed E-state index contributed by atoms with van der Waals surface area (Å²) in [6.45, 7) is 1.03. The first-order chi connectivity index (χ1) is 28.9. The zero-order chi connectivity index (χ0) is 42.8. The van der Waals surface area contributed by atoms with E-state index in [0.717, 1.165) is 30.3 Å². The summed E-state index contributed by atoms with van der Waals surface area (Å²) in [6, 6.07) is 8.05. The third-order valence-corrected chi connectivity index (χ3v) is 9.42. The number of benzene rings is 2. The largest absolute Gasteiger partial charge is 1.00 e. The quantitative estimate of drug-likeness (QED) is 0.0221. The number of guanidine groups is 2. The van der Waals surface area contributed by atoms with Gasteiger partial charge >= 0.3 is 35.3 Å². The fourth-order valence-corrected chi connectivity index (χ4v) is 5.64. The van der Waals surface area contributed by atoms with E-state index >= 15 is 0 Å². The van der Waals surface area contributed by atoms with Crippen LogP contribution in [0.2, 0.25) is 0 Å². The van der Waals surface area contributed by atoms with Crippen molar-refractivity contribution in [1.29, 1.82) is 0 Å². The summed E-state index contributed by atoms with van der Waals surface area (Å²) in [6.07, 6.45) is 3.48. The summed E-state index contributed by atoms with van der Waals surface area (Å²) in [5.74, 6) is -1.53. The van der Waals surface area contributed by atoms with Gasteiger partial charge in [-0.15, -0.1) is 0 Å². The van der Waals surface area contributed by atoms with Crippen LogP contribution in [0.1, 0.15) is 31.4 Å². The van der Waals surface area contributed by atoms with Crippen molar-refractivity contribution in [3.63, 3.8) is 0 Å². The molecule has 2 aliphatic rings. The molecule has 2 amide bonds. The number of hydrogen-bond acceptors (Lipinski definition) is 18. The number of amides is 2. The number of hydrogen-bond donors (Lipinski definition) is 8. The number of hydroxylamine groups is 1. The van der Waals surface area contributed by atoms with Crippen LogP contribution >= 0.6 is 31.9 Å². The maximum atomic E-state index is 13.6. The molecule has 0 bridgehead atoms. The molecule has 62 heavy (non-hydrogen) atoms. The molecule has 11 N–H and O–H groups in total. The molecule has 3 aromatic heterocycles. The Hall–Kier alpha value is -5.65.